The van der Waals surface area contributed by atoms with Crippen LogP contribution in [0.15, 0.2) is 413 Å². The number of hydrogen-bond donors (Lipinski definition) is 0. The lowest BCUT2D eigenvalue weighted by Gasteiger charge is -2.25. The van der Waals surface area contributed by atoms with E-state index in [1.807, 2.05) is 0 Å². The molecule has 8 heteroatoms. The molecule has 26 rings (SSSR count). The average Bonchev–Trinajstić information content (AvgIpc) is 0.806. The summed E-state index contributed by atoms with van der Waals surface area (Å²) in [5.74, 6) is 0. The van der Waals surface area contributed by atoms with Crippen molar-refractivity contribution in [3.63, 3.8) is 0 Å². The molecule has 620 valence electrons. The second-order valence-electron chi connectivity index (χ2n) is 34.8. The van der Waals surface area contributed by atoms with Crippen LogP contribution in [-0.2, 0) is 0 Å². The summed E-state index contributed by atoms with van der Waals surface area (Å²) in [6.07, 6.45) is 0. The zero-order chi connectivity index (χ0) is 87.8. The number of hydrogen-bond acceptors (Lipinski definition) is 8. The van der Waals surface area contributed by atoms with Crippen molar-refractivity contribution in [1.29, 1.82) is 0 Å². The molecule has 0 aliphatic heterocycles. The van der Waals surface area contributed by atoms with Crippen LogP contribution in [0, 0.1) is 27.7 Å². The summed E-state index contributed by atoms with van der Waals surface area (Å²) in [6.45, 7) is 8.61. The molecule has 0 spiro atoms. The molecule has 0 atom stereocenters. The first kappa shape index (κ1) is 78.7. The summed E-state index contributed by atoms with van der Waals surface area (Å²) in [4.78, 5) is 20.5. The maximum atomic E-state index is 5.21. The minimum Gasteiger partial charge on any atom is -0.236 e. The van der Waals surface area contributed by atoms with E-state index in [9.17, 15) is 0 Å². The number of fused-ring (bicyclic) bond motifs is 14. The highest BCUT2D eigenvalue weighted by Gasteiger charge is 2.30. The van der Waals surface area contributed by atoms with E-state index in [0.717, 1.165) is 64.4 Å². The Balaban J connectivity index is 0.000000143. The Kier molecular flexibility index (Phi) is 19.3. The largest absolute Gasteiger partial charge is 0.236 e. The van der Waals surface area contributed by atoms with Crippen LogP contribution in [0.3, 0.4) is 0 Å². The number of thiazole rings is 4. The standard InChI is InChI=1S/C66H42N2S2.C58H38N2S2/c1-39-21-23-41-33-35-55-63(53(41)37-39)69-65(67-55)47-29-25-45(26-30-47)59-51-19-11-12-20-52(51)60(46-27-31-48(32-28-46)66-68-56-36-34-42-24-22-40(2)38-54(42)64(56)70-66)62-58(44-15-7-4-8-16-44)50-18-10-9-17-49(50)57(61(59)62)43-13-5-3-6-14-43;1-35-21-31-47-49(33-35)61-57(59-47)41-27-23-39(24-28-41)53-45-19-11-12-20-46(45)54(40-25-29-42(30-26-40)58-60-48-32-22-36(2)34-50(48)62-58)56-52(38-15-7-4-8-16-38)44-18-10-9-17-43(44)51(55(53)56)37-13-5-3-6-14-37/h3-38H,1-2H3;3-34H,1-2H3. The molecule has 0 unspecified atom stereocenters. The molecule has 0 amide bonds. The van der Waals surface area contributed by atoms with Gasteiger partial charge in [-0.05, 0) is 252 Å². The predicted molar refractivity (Wildman–Crippen MR) is 570 cm³/mol. The average molecular weight is 1750 g/mol. The van der Waals surface area contributed by atoms with Gasteiger partial charge in [-0.25, -0.2) is 19.9 Å². The van der Waals surface area contributed by atoms with E-state index in [0.29, 0.717) is 0 Å². The van der Waals surface area contributed by atoms with E-state index >= 15 is 0 Å². The molecular weight excluding hydrogens is 1670 g/mol. The highest BCUT2D eigenvalue weighted by atomic mass is 32.1. The molecule has 0 fully saturated rings. The fourth-order valence-corrected chi connectivity index (χ4v) is 24.7. The highest BCUT2D eigenvalue weighted by molar-refractivity contribution is 7.23. The third kappa shape index (κ3) is 13.5. The lowest BCUT2D eigenvalue weighted by Crippen LogP contribution is -1.97. The summed E-state index contributed by atoms with van der Waals surface area (Å²) in [7, 11) is 0. The molecule has 4 nitrogen and oxygen atoms in total. The lowest BCUT2D eigenvalue weighted by molar-refractivity contribution is 1.45. The summed E-state index contributed by atoms with van der Waals surface area (Å²) in [6, 6.07) is 152. The lowest BCUT2D eigenvalue weighted by atomic mass is 9.77. The van der Waals surface area contributed by atoms with E-state index in [1.165, 1.54) is 216 Å². The highest BCUT2D eigenvalue weighted by Crippen LogP contribution is 2.58. The molecule has 4 aromatic heterocycles. The van der Waals surface area contributed by atoms with Gasteiger partial charge in [0.1, 0.15) is 20.0 Å². The normalized spacial score (nSPS) is 11.8. The van der Waals surface area contributed by atoms with Crippen LogP contribution in [0.2, 0.25) is 0 Å². The Labute approximate surface area is 779 Å². The van der Waals surface area contributed by atoms with Crippen LogP contribution >= 0.6 is 45.3 Å². The van der Waals surface area contributed by atoms with Crippen molar-refractivity contribution < 1.29 is 0 Å². The Hall–Kier alpha value is -15.5. The van der Waals surface area contributed by atoms with Gasteiger partial charge in [-0.3, -0.25) is 0 Å². The van der Waals surface area contributed by atoms with Gasteiger partial charge in [0.05, 0.1) is 40.9 Å². The number of aromatic nitrogens is 4. The van der Waals surface area contributed by atoms with Crippen LogP contribution in [0.1, 0.15) is 22.3 Å². The van der Waals surface area contributed by atoms with E-state index in [1.54, 1.807) is 45.3 Å². The molecule has 0 bridgehead atoms. The molecule has 0 radical (unpaired) electrons. The first-order valence-corrected chi connectivity index (χ1v) is 48.2. The monoisotopic (exact) mass is 1750 g/mol. The van der Waals surface area contributed by atoms with Gasteiger partial charge < -0.3 is 0 Å². The predicted octanol–water partition coefficient (Wildman–Crippen LogP) is 36.3. The molecule has 0 saturated carbocycles. The van der Waals surface area contributed by atoms with Crippen LogP contribution in [0.5, 0.6) is 0 Å². The van der Waals surface area contributed by atoms with E-state index < -0.39 is 0 Å². The number of nitrogens with zero attached hydrogens (tertiary/aromatic N) is 4. The van der Waals surface area contributed by atoms with Crippen LogP contribution in [0.4, 0.5) is 0 Å². The Morgan fingerprint density at radius 3 is 0.621 bits per heavy atom. The van der Waals surface area contributed by atoms with Crippen LogP contribution in [-0.4, -0.2) is 19.9 Å². The first-order valence-electron chi connectivity index (χ1n) is 44.9. The Bertz CT molecular complexity index is 8600. The van der Waals surface area contributed by atoms with E-state index in [4.69, 9.17) is 19.9 Å². The van der Waals surface area contributed by atoms with Crippen molar-refractivity contribution in [3.8, 4) is 131 Å². The van der Waals surface area contributed by atoms with Gasteiger partial charge in [-0.15, -0.1) is 45.3 Å². The topological polar surface area (TPSA) is 51.6 Å². The van der Waals surface area contributed by atoms with Gasteiger partial charge in [-0.1, -0.05) is 375 Å². The molecule has 22 aromatic carbocycles. The van der Waals surface area contributed by atoms with Crippen molar-refractivity contribution in [2.45, 2.75) is 27.7 Å². The Morgan fingerprint density at radius 2 is 0.356 bits per heavy atom. The maximum Gasteiger partial charge on any atom is 0.124 e. The molecule has 0 aliphatic carbocycles. The van der Waals surface area contributed by atoms with Crippen molar-refractivity contribution in [3.05, 3.63) is 435 Å². The molecule has 0 N–H and O–H groups in total. The third-order valence-electron chi connectivity index (χ3n) is 26.4. The van der Waals surface area contributed by atoms with E-state index in [2.05, 4.69) is 440 Å². The minimum atomic E-state index is 1.03. The zero-order valence-electron chi connectivity index (χ0n) is 72.7. The van der Waals surface area contributed by atoms with Gasteiger partial charge in [0.2, 0.25) is 0 Å². The third-order valence-corrected chi connectivity index (χ3v) is 30.9. The number of aryl methyl sites for hydroxylation is 4. The summed E-state index contributed by atoms with van der Waals surface area (Å²) < 4.78 is 4.90. The smallest absolute Gasteiger partial charge is 0.124 e. The number of rotatable bonds is 12. The van der Waals surface area contributed by atoms with Gasteiger partial charge in [0, 0.05) is 33.0 Å². The van der Waals surface area contributed by atoms with Gasteiger partial charge in [-0.2, -0.15) is 0 Å². The summed E-state index contributed by atoms with van der Waals surface area (Å²) >= 11 is 7.08. The summed E-state index contributed by atoms with van der Waals surface area (Å²) in [5, 5.41) is 23.9. The van der Waals surface area contributed by atoms with Crippen molar-refractivity contribution in [1.82, 2.24) is 19.9 Å². The molecule has 0 aliphatic rings. The quantitative estimate of drug-likeness (QED) is 0.114. The van der Waals surface area contributed by atoms with Gasteiger partial charge in [0.15, 0.2) is 0 Å². The zero-order valence-corrected chi connectivity index (χ0v) is 75.9. The first-order chi connectivity index (χ1) is 65.1. The van der Waals surface area contributed by atoms with Crippen LogP contribution in [0.25, 0.3) is 258 Å². The molecule has 4 heterocycles. The fourth-order valence-electron chi connectivity index (χ4n) is 20.4. The van der Waals surface area contributed by atoms with Crippen LogP contribution < -0.4 is 0 Å². The summed E-state index contributed by atoms with van der Waals surface area (Å²) in [5.41, 5.74) is 33.0. The molecule has 26 aromatic rings. The SMILES string of the molecule is Cc1ccc2ccc3nc(-c4ccc(-c5c6ccccc6c(-c6ccc(-c7nc8ccc9ccc(C)cc9c8s7)cc6)c6c(-c7ccccc7)c7ccccc7c(-c7ccccc7)c56)cc4)sc3c2c1.Cc1ccc2nc(-c3ccc(-c4c5ccccc5c(-c5ccc(-c6nc7ccc(C)cc7s6)cc5)c5c(-c6ccccc6)c6ccccc6c(-c6ccccc6)c45)cc3)sc2c1. The van der Waals surface area contributed by atoms with Crippen molar-refractivity contribution >= 4 is 172 Å². The fraction of sp³-hybridized carbons (Fsp3) is 0.0323. The Morgan fingerprint density at radius 1 is 0.159 bits per heavy atom. The second-order valence-corrected chi connectivity index (χ2v) is 38.8. The van der Waals surface area contributed by atoms with Crippen molar-refractivity contribution in [2.24, 2.45) is 0 Å². The molecular formula is C124H80N4S4. The minimum absolute atomic E-state index is 1.03. The maximum absolute atomic E-state index is 5.21. The van der Waals surface area contributed by atoms with Gasteiger partial charge >= 0.3 is 0 Å². The number of benzene rings is 22. The van der Waals surface area contributed by atoms with Crippen molar-refractivity contribution in [2.75, 3.05) is 0 Å². The van der Waals surface area contributed by atoms with E-state index in [-0.39, 0.29) is 0 Å². The molecule has 0 saturated heterocycles. The second kappa shape index (κ2) is 32.3. The molecule has 132 heavy (non-hydrogen) atoms. The van der Waals surface area contributed by atoms with Gasteiger partial charge in [0.25, 0.3) is 0 Å².